The minimum Gasteiger partial charge on any atom is -0.364 e. The molecule has 2 aromatic rings. The number of rotatable bonds is 5. The van der Waals surface area contributed by atoms with Crippen molar-refractivity contribution in [2.75, 3.05) is 11.9 Å². The fourth-order valence-electron chi connectivity index (χ4n) is 1.57. The summed E-state index contributed by atoms with van der Waals surface area (Å²) < 4.78 is 4.65. The smallest absolute Gasteiger partial charge is 0.277 e. The van der Waals surface area contributed by atoms with Gasteiger partial charge in [-0.25, -0.2) is 0 Å². The Morgan fingerprint density at radius 1 is 1.33 bits per heavy atom. The Kier molecular flexibility index (Phi) is 4.09. The number of anilines is 1. The molecule has 5 nitrogen and oxygen atoms in total. The van der Waals surface area contributed by atoms with E-state index in [2.05, 4.69) is 20.3 Å². The number of nitrogens with zero attached hydrogens (tertiary/aromatic N) is 1. The second-order valence-electron chi connectivity index (χ2n) is 3.78. The highest BCUT2D eigenvalue weighted by Gasteiger charge is 2.10. The van der Waals surface area contributed by atoms with E-state index in [0.717, 1.165) is 17.8 Å². The van der Waals surface area contributed by atoms with Crippen LogP contribution < -0.4 is 10.6 Å². The molecule has 0 aliphatic heterocycles. The molecule has 94 valence electrons. The summed E-state index contributed by atoms with van der Waals surface area (Å²) in [5.74, 6) is -0.271. The predicted molar refractivity (Wildman–Crippen MR) is 68.3 cm³/mol. The van der Waals surface area contributed by atoms with Gasteiger partial charge in [-0.15, -0.1) is 0 Å². The fourth-order valence-corrected chi connectivity index (χ4v) is 1.57. The Balaban J connectivity index is 2.11. The van der Waals surface area contributed by atoms with Crippen molar-refractivity contribution >= 4 is 11.6 Å². The van der Waals surface area contributed by atoms with Crippen molar-refractivity contribution < 1.29 is 9.32 Å². The first-order chi connectivity index (χ1) is 8.81. The summed E-state index contributed by atoms with van der Waals surface area (Å²) in [6, 6.07) is 9.19. The van der Waals surface area contributed by atoms with Gasteiger partial charge in [0.2, 0.25) is 0 Å². The molecule has 0 aliphatic rings. The lowest BCUT2D eigenvalue weighted by Crippen LogP contribution is -2.17. The van der Waals surface area contributed by atoms with Gasteiger partial charge < -0.3 is 15.2 Å². The van der Waals surface area contributed by atoms with Crippen molar-refractivity contribution in [1.82, 2.24) is 10.5 Å². The normalized spacial score (nSPS) is 10.3. The van der Waals surface area contributed by atoms with E-state index in [1.54, 1.807) is 0 Å². The van der Waals surface area contributed by atoms with Crippen molar-refractivity contribution in [2.45, 2.75) is 13.5 Å². The van der Waals surface area contributed by atoms with Gasteiger partial charge in [-0.05, 0) is 18.2 Å². The Morgan fingerprint density at radius 3 is 2.89 bits per heavy atom. The number of hydrogen-bond donors (Lipinski definition) is 2. The van der Waals surface area contributed by atoms with Gasteiger partial charge in [0.15, 0.2) is 5.69 Å². The first-order valence-corrected chi connectivity index (χ1v) is 5.81. The highest BCUT2D eigenvalue weighted by molar-refractivity contribution is 6.03. The van der Waals surface area contributed by atoms with Crippen LogP contribution in [0, 0.1) is 0 Å². The first-order valence-electron chi connectivity index (χ1n) is 5.81. The molecule has 0 aliphatic carbocycles. The molecule has 1 heterocycles. The molecule has 2 rings (SSSR count). The van der Waals surface area contributed by atoms with Gasteiger partial charge in [0, 0.05) is 18.3 Å². The number of aromatic nitrogens is 1. The van der Waals surface area contributed by atoms with Gasteiger partial charge in [-0.3, -0.25) is 4.79 Å². The zero-order valence-electron chi connectivity index (χ0n) is 10.1. The summed E-state index contributed by atoms with van der Waals surface area (Å²) in [4.78, 5) is 11.8. The van der Waals surface area contributed by atoms with Crippen molar-refractivity contribution in [3.8, 4) is 0 Å². The zero-order valence-corrected chi connectivity index (χ0v) is 10.1. The van der Waals surface area contributed by atoms with Crippen molar-refractivity contribution in [2.24, 2.45) is 0 Å². The van der Waals surface area contributed by atoms with Crippen LogP contribution in [0.15, 0.2) is 41.1 Å². The van der Waals surface area contributed by atoms with E-state index in [1.807, 2.05) is 31.2 Å². The lowest BCUT2D eigenvalue weighted by Gasteiger charge is -2.10. The summed E-state index contributed by atoms with van der Waals surface area (Å²) in [5.41, 5.74) is 2.09. The monoisotopic (exact) mass is 245 g/mol. The van der Waals surface area contributed by atoms with Crippen molar-refractivity contribution in [3.63, 3.8) is 0 Å². The second-order valence-corrected chi connectivity index (χ2v) is 3.78. The molecule has 18 heavy (non-hydrogen) atoms. The van der Waals surface area contributed by atoms with Crippen molar-refractivity contribution in [1.29, 1.82) is 0 Å². The number of benzene rings is 1. The quantitative estimate of drug-likeness (QED) is 0.845. The Hall–Kier alpha value is -2.14. The highest BCUT2D eigenvalue weighted by Crippen LogP contribution is 2.15. The Bertz CT molecular complexity index is 509. The number of amides is 1. The summed E-state index contributed by atoms with van der Waals surface area (Å²) in [7, 11) is 0. The molecule has 0 radical (unpaired) electrons. The van der Waals surface area contributed by atoms with E-state index in [4.69, 9.17) is 0 Å². The van der Waals surface area contributed by atoms with Gasteiger partial charge >= 0.3 is 0 Å². The molecule has 2 N–H and O–H groups in total. The largest absolute Gasteiger partial charge is 0.364 e. The Labute approximate surface area is 105 Å². The number of carbonyl (C=O) groups is 1. The average molecular weight is 245 g/mol. The SMILES string of the molecule is CCNCc1ccccc1NC(=O)c1ccon1. The van der Waals surface area contributed by atoms with Gasteiger partial charge in [-0.2, -0.15) is 0 Å². The number of carbonyl (C=O) groups excluding carboxylic acids is 1. The second kappa shape index (κ2) is 5.97. The molecule has 0 fully saturated rings. The van der Waals surface area contributed by atoms with E-state index in [9.17, 15) is 4.79 Å². The molecule has 5 heteroatoms. The maximum absolute atomic E-state index is 11.8. The van der Waals surface area contributed by atoms with E-state index in [-0.39, 0.29) is 11.6 Å². The van der Waals surface area contributed by atoms with Crippen LogP contribution >= 0.6 is 0 Å². The maximum atomic E-state index is 11.8. The molecule has 1 amide bonds. The summed E-state index contributed by atoms with van der Waals surface area (Å²) in [6.45, 7) is 3.63. The van der Waals surface area contributed by atoms with E-state index >= 15 is 0 Å². The molecular weight excluding hydrogens is 230 g/mol. The van der Waals surface area contributed by atoms with Crippen LogP contribution in [0.2, 0.25) is 0 Å². The molecule has 0 saturated heterocycles. The van der Waals surface area contributed by atoms with Crippen LogP contribution in [0.4, 0.5) is 5.69 Å². The van der Waals surface area contributed by atoms with Crippen molar-refractivity contribution in [3.05, 3.63) is 47.9 Å². The fraction of sp³-hybridized carbons (Fsp3) is 0.231. The number of hydrogen-bond acceptors (Lipinski definition) is 4. The lowest BCUT2D eigenvalue weighted by molar-refractivity contribution is 0.101. The van der Waals surface area contributed by atoms with Gasteiger partial charge in [0.05, 0.1) is 0 Å². The third-order valence-corrected chi connectivity index (χ3v) is 2.50. The van der Waals surface area contributed by atoms with Crippen LogP contribution in [0.3, 0.4) is 0 Å². The predicted octanol–water partition coefficient (Wildman–Crippen LogP) is 2.04. The minimum absolute atomic E-state index is 0.271. The molecular formula is C13H15N3O2. The minimum atomic E-state index is -0.271. The lowest BCUT2D eigenvalue weighted by atomic mass is 10.1. The molecule has 0 atom stereocenters. The summed E-state index contributed by atoms with van der Waals surface area (Å²) in [6.07, 6.45) is 1.37. The topological polar surface area (TPSA) is 67.2 Å². The van der Waals surface area contributed by atoms with Crippen LogP contribution in [0.25, 0.3) is 0 Å². The maximum Gasteiger partial charge on any atom is 0.277 e. The molecule has 0 spiro atoms. The third-order valence-electron chi connectivity index (χ3n) is 2.50. The molecule has 0 saturated carbocycles. The average Bonchev–Trinajstić information content (AvgIpc) is 2.91. The van der Waals surface area contributed by atoms with Crippen LogP contribution in [0.5, 0.6) is 0 Å². The zero-order chi connectivity index (χ0) is 12.8. The van der Waals surface area contributed by atoms with Crippen LogP contribution in [-0.2, 0) is 6.54 Å². The Morgan fingerprint density at radius 2 is 2.17 bits per heavy atom. The van der Waals surface area contributed by atoms with Gasteiger partial charge in [0.1, 0.15) is 6.26 Å². The molecule has 0 bridgehead atoms. The third kappa shape index (κ3) is 2.95. The molecule has 0 unspecified atom stereocenters. The summed E-state index contributed by atoms with van der Waals surface area (Å²) in [5, 5.41) is 9.65. The standard InChI is InChI=1S/C13H15N3O2/c1-2-14-9-10-5-3-4-6-11(10)15-13(17)12-7-8-18-16-12/h3-8,14H,2,9H2,1H3,(H,15,17). The molecule has 1 aromatic heterocycles. The van der Waals surface area contributed by atoms with Crippen LogP contribution in [0.1, 0.15) is 23.0 Å². The molecule has 1 aromatic carbocycles. The van der Waals surface area contributed by atoms with E-state index < -0.39 is 0 Å². The highest BCUT2D eigenvalue weighted by atomic mass is 16.5. The van der Waals surface area contributed by atoms with Gasteiger partial charge in [-0.1, -0.05) is 30.3 Å². The number of para-hydroxylation sites is 1. The summed E-state index contributed by atoms with van der Waals surface area (Å²) >= 11 is 0. The van der Waals surface area contributed by atoms with E-state index in [1.165, 1.54) is 12.3 Å². The van der Waals surface area contributed by atoms with Crippen LogP contribution in [-0.4, -0.2) is 17.6 Å². The van der Waals surface area contributed by atoms with Gasteiger partial charge in [0.25, 0.3) is 5.91 Å². The van der Waals surface area contributed by atoms with E-state index in [0.29, 0.717) is 6.54 Å². The number of nitrogens with one attached hydrogen (secondary N) is 2. The first kappa shape index (κ1) is 12.3.